The molecule has 0 aliphatic carbocycles. The minimum absolute atomic E-state index is 0.560. The molecule has 0 radical (unpaired) electrons. The highest BCUT2D eigenvalue weighted by Crippen LogP contribution is 2.27. The van der Waals surface area contributed by atoms with Crippen molar-refractivity contribution in [3.8, 4) is 0 Å². The zero-order valence-corrected chi connectivity index (χ0v) is 19.6. The molecule has 7 heteroatoms. The van der Waals surface area contributed by atoms with Gasteiger partial charge in [0.15, 0.2) is 0 Å². The first kappa shape index (κ1) is 26.2. The number of benzene rings is 1. The Hall–Kier alpha value is -1.79. The smallest absolute Gasteiger partial charge is 0.215 e. The van der Waals surface area contributed by atoms with Crippen LogP contribution in [-0.4, -0.2) is 31.2 Å². The molecule has 0 spiro atoms. The van der Waals surface area contributed by atoms with E-state index in [2.05, 4.69) is 17.0 Å². The first-order valence-corrected chi connectivity index (χ1v) is 10.9. The topological polar surface area (TPSA) is 53.6 Å². The largest absolute Gasteiger partial charge is 0.495 e. The fourth-order valence-corrected chi connectivity index (χ4v) is 3.31. The van der Waals surface area contributed by atoms with E-state index in [9.17, 15) is 4.79 Å². The van der Waals surface area contributed by atoms with Crippen LogP contribution in [0.2, 0.25) is 5.02 Å². The van der Waals surface area contributed by atoms with Gasteiger partial charge < -0.3 is 19.7 Å². The van der Waals surface area contributed by atoms with E-state index in [1.165, 1.54) is 4.90 Å². The normalized spacial score (nSPS) is 11.6. The number of methoxy groups -OCH3 is 1. The average molecular weight is 428 g/mol. The van der Waals surface area contributed by atoms with Crippen molar-refractivity contribution in [2.75, 3.05) is 25.2 Å². The number of nitrogens with one attached hydrogen (secondary N) is 2. The molecule has 0 saturated heterocycles. The zero-order valence-electron chi connectivity index (χ0n) is 18.1. The maximum Gasteiger partial charge on any atom is 0.215 e. The SMILES string of the molecule is C/C=C(OC)\C(NSCCCC)=C(\Nc1ccc(C)cc1Cl)N(C)C=O.CC. The van der Waals surface area contributed by atoms with Gasteiger partial charge in [0, 0.05) is 12.8 Å². The summed E-state index contributed by atoms with van der Waals surface area (Å²) in [5, 5.41) is 3.84. The van der Waals surface area contributed by atoms with Crippen molar-refractivity contribution in [3.63, 3.8) is 0 Å². The van der Waals surface area contributed by atoms with Gasteiger partial charge in [-0.2, -0.15) is 0 Å². The summed E-state index contributed by atoms with van der Waals surface area (Å²) in [6, 6.07) is 5.72. The summed E-state index contributed by atoms with van der Waals surface area (Å²) in [6.07, 6.45) is 4.80. The van der Waals surface area contributed by atoms with E-state index >= 15 is 0 Å². The Morgan fingerprint density at radius 2 is 2.04 bits per heavy atom. The monoisotopic (exact) mass is 427 g/mol. The maximum absolute atomic E-state index is 11.5. The van der Waals surface area contributed by atoms with Crippen LogP contribution in [0.5, 0.6) is 0 Å². The van der Waals surface area contributed by atoms with Gasteiger partial charge in [0.1, 0.15) is 17.3 Å². The molecule has 1 rings (SSSR count). The molecule has 0 fully saturated rings. The van der Waals surface area contributed by atoms with Crippen LogP contribution in [-0.2, 0) is 9.53 Å². The lowest BCUT2D eigenvalue weighted by molar-refractivity contribution is -0.115. The number of allylic oxidation sites excluding steroid dienone is 1. The first-order chi connectivity index (χ1) is 13.5. The quantitative estimate of drug-likeness (QED) is 0.151. The molecule has 28 heavy (non-hydrogen) atoms. The maximum atomic E-state index is 11.5. The van der Waals surface area contributed by atoms with Crippen molar-refractivity contribution < 1.29 is 9.53 Å². The highest BCUT2D eigenvalue weighted by Gasteiger charge is 2.17. The Bertz CT molecular complexity index is 663. The lowest BCUT2D eigenvalue weighted by Crippen LogP contribution is -2.28. The fourth-order valence-electron chi connectivity index (χ4n) is 2.15. The molecular formula is C21H34ClN3O2S. The molecule has 1 aromatic rings. The lowest BCUT2D eigenvalue weighted by Gasteiger charge is -2.24. The van der Waals surface area contributed by atoms with E-state index in [-0.39, 0.29) is 0 Å². The molecule has 0 aliphatic heterocycles. The third-order valence-electron chi connectivity index (χ3n) is 3.63. The number of ether oxygens (including phenoxy) is 1. The van der Waals surface area contributed by atoms with Crippen LogP contribution < -0.4 is 10.0 Å². The van der Waals surface area contributed by atoms with Gasteiger partial charge in [0.05, 0.1) is 17.8 Å². The standard InChI is InChI=1S/C19H28ClN3O2S.C2H6/c1-6-8-11-26-22-18(17(7-2)25-5)19(23(4)13-24)21-16-10-9-14(3)12-15(16)20;1-2/h7,9-10,12-13,21-22H,6,8,11H2,1-5H3;1-2H3/b17-7+,19-18+;. The van der Waals surface area contributed by atoms with Crippen LogP contribution in [0.25, 0.3) is 0 Å². The van der Waals surface area contributed by atoms with Gasteiger partial charge in [-0.05, 0) is 44.0 Å². The second-order valence-corrected chi connectivity index (χ2v) is 7.02. The van der Waals surface area contributed by atoms with Crippen LogP contribution in [0.3, 0.4) is 0 Å². The molecule has 0 bridgehead atoms. The van der Waals surface area contributed by atoms with Crippen molar-refractivity contribution in [2.45, 2.75) is 47.5 Å². The van der Waals surface area contributed by atoms with Gasteiger partial charge in [-0.15, -0.1) is 0 Å². The number of carbonyl (C=O) groups is 1. The van der Waals surface area contributed by atoms with Crippen molar-refractivity contribution in [1.82, 2.24) is 9.62 Å². The second-order valence-electron chi connectivity index (χ2n) is 5.71. The zero-order chi connectivity index (χ0) is 21.5. The van der Waals surface area contributed by atoms with E-state index in [4.69, 9.17) is 16.3 Å². The molecule has 0 aromatic heterocycles. The number of unbranched alkanes of at least 4 members (excludes halogenated alkanes) is 1. The van der Waals surface area contributed by atoms with Gasteiger partial charge in [-0.25, -0.2) is 0 Å². The van der Waals surface area contributed by atoms with Gasteiger partial charge in [0.2, 0.25) is 6.41 Å². The van der Waals surface area contributed by atoms with Gasteiger partial charge in [-0.1, -0.05) is 56.8 Å². The van der Waals surface area contributed by atoms with Gasteiger partial charge in [-0.3, -0.25) is 4.79 Å². The number of carbonyl (C=O) groups excluding carboxylic acids is 1. The predicted octanol–water partition coefficient (Wildman–Crippen LogP) is 5.93. The molecule has 0 unspecified atom stereocenters. The van der Waals surface area contributed by atoms with E-state index in [0.29, 0.717) is 28.0 Å². The molecule has 1 amide bonds. The van der Waals surface area contributed by atoms with E-state index in [1.807, 2.05) is 52.0 Å². The number of hydrogen-bond donors (Lipinski definition) is 2. The first-order valence-electron chi connectivity index (χ1n) is 9.52. The summed E-state index contributed by atoms with van der Waals surface area (Å²) < 4.78 is 8.81. The van der Waals surface area contributed by atoms with E-state index < -0.39 is 0 Å². The fraction of sp³-hybridized carbons (Fsp3) is 0.476. The number of rotatable bonds is 11. The minimum atomic E-state index is 0.560. The average Bonchev–Trinajstić information content (AvgIpc) is 2.71. The third kappa shape index (κ3) is 8.48. The van der Waals surface area contributed by atoms with Crippen molar-refractivity contribution in [1.29, 1.82) is 0 Å². The van der Waals surface area contributed by atoms with Crippen molar-refractivity contribution in [3.05, 3.63) is 52.1 Å². The van der Waals surface area contributed by atoms with Crippen molar-refractivity contribution >= 4 is 35.6 Å². The van der Waals surface area contributed by atoms with Gasteiger partial charge in [0.25, 0.3) is 0 Å². The van der Waals surface area contributed by atoms with Crippen LogP contribution in [0.4, 0.5) is 5.69 Å². The predicted molar refractivity (Wildman–Crippen MR) is 123 cm³/mol. The molecule has 1 aromatic carbocycles. The number of nitrogens with zero attached hydrogens (tertiary/aromatic N) is 1. The highest BCUT2D eigenvalue weighted by atomic mass is 35.5. The molecule has 0 aliphatic rings. The number of halogens is 1. The lowest BCUT2D eigenvalue weighted by atomic mass is 10.2. The van der Waals surface area contributed by atoms with Gasteiger partial charge >= 0.3 is 0 Å². The number of hydrogen-bond acceptors (Lipinski definition) is 5. The number of amides is 1. The summed E-state index contributed by atoms with van der Waals surface area (Å²) in [5.41, 5.74) is 2.46. The molecule has 0 saturated carbocycles. The highest BCUT2D eigenvalue weighted by molar-refractivity contribution is 7.97. The summed E-state index contributed by atoms with van der Waals surface area (Å²) >= 11 is 7.93. The minimum Gasteiger partial charge on any atom is -0.495 e. The molecule has 5 nitrogen and oxygen atoms in total. The third-order valence-corrected chi connectivity index (χ3v) is 4.78. The summed E-state index contributed by atoms with van der Waals surface area (Å²) in [4.78, 5) is 12.9. The Labute approximate surface area is 179 Å². The molecular weight excluding hydrogens is 394 g/mol. The Morgan fingerprint density at radius 1 is 1.36 bits per heavy atom. The summed E-state index contributed by atoms with van der Waals surface area (Å²) in [5.74, 6) is 2.14. The van der Waals surface area contributed by atoms with Crippen LogP contribution >= 0.6 is 23.5 Å². The molecule has 158 valence electrons. The summed E-state index contributed by atoms with van der Waals surface area (Å²) in [7, 11) is 3.28. The Morgan fingerprint density at radius 3 is 2.54 bits per heavy atom. The van der Waals surface area contributed by atoms with Crippen LogP contribution in [0.15, 0.2) is 41.6 Å². The van der Waals surface area contributed by atoms with Crippen molar-refractivity contribution in [2.24, 2.45) is 0 Å². The number of anilines is 1. The second kappa shape index (κ2) is 15.2. The number of aryl methyl sites for hydroxylation is 1. The molecule has 0 atom stereocenters. The van der Waals surface area contributed by atoms with E-state index in [0.717, 1.165) is 30.6 Å². The summed E-state index contributed by atoms with van der Waals surface area (Å²) in [6.45, 7) is 10.0. The van der Waals surface area contributed by atoms with E-state index in [1.54, 1.807) is 26.1 Å². The van der Waals surface area contributed by atoms with Crippen LogP contribution in [0, 0.1) is 6.92 Å². The Balaban J connectivity index is 0.00000352. The molecule has 0 heterocycles. The Kier molecular flexibility index (Phi) is 14.2. The van der Waals surface area contributed by atoms with Crippen LogP contribution in [0.1, 0.15) is 46.1 Å². The molecule has 2 N–H and O–H groups in total.